The lowest BCUT2D eigenvalue weighted by Gasteiger charge is -2.24. The molecule has 0 aromatic heterocycles. The molecule has 1 heterocycles. The maximum Gasteiger partial charge on any atom is 0.342 e. The van der Waals surface area contributed by atoms with E-state index in [0.717, 1.165) is 25.9 Å². The van der Waals surface area contributed by atoms with E-state index >= 15 is 0 Å². The molecule has 1 saturated heterocycles. The molecule has 1 aliphatic heterocycles. The Hall–Kier alpha value is -1.91. The van der Waals surface area contributed by atoms with E-state index in [9.17, 15) is 19.7 Å². The number of nitro groups is 1. The van der Waals surface area contributed by atoms with Crippen molar-refractivity contribution in [3.63, 3.8) is 0 Å². The zero-order chi connectivity index (χ0) is 16.7. The van der Waals surface area contributed by atoms with Gasteiger partial charge in [-0.1, -0.05) is 0 Å². The van der Waals surface area contributed by atoms with Gasteiger partial charge in [0.05, 0.1) is 4.92 Å². The van der Waals surface area contributed by atoms with Crippen LogP contribution in [0, 0.1) is 13.7 Å². The second-order valence-electron chi connectivity index (χ2n) is 4.61. The van der Waals surface area contributed by atoms with Gasteiger partial charge in [0, 0.05) is 22.7 Å². The van der Waals surface area contributed by atoms with Crippen LogP contribution in [-0.4, -0.2) is 40.0 Å². The molecule has 3 N–H and O–H groups in total. The molecule has 1 fully saturated rings. The molecule has 0 spiro atoms. The average molecular weight is 421 g/mol. The first-order chi connectivity index (χ1) is 10.3. The van der Waals surface area contributed by atoms with Gasteiger partial charge in [-0.25, -0.2) is 9.59 Å². The molecule has 0 bridgehead atoms. The Kier molecular flexibility index (Phi) is 7.02. The van der Waals surface area contributed by atoms with Crippen LogP contribution in [-0.2, 0) is 0 Å². The van der Waals surface area contributed by atoms with Crippen LogP contribution in [0.25, 0.3) is 0 Å². The third-order valence-electron chi connectivity index (χ3n) is 3.05. The number of nitrogens with two attached hydrogens (primary N) is 1. The van der Waals surface area contributed by atoms with Crippen molar-refractivity contribution in [1.82, 2.24) is 4.90 Å². The number of halogens is 1. The summed E-state index contributed by atoms with van der Waals surface area (Å²) in [4.78, 5) is 32.4. The van der Waals surface area contributed by atoms with Gasteiger partial charge in [-0.2, -0.15) is 0 Å². The second kappa shape index (κ2) is 8.51. The minimum absolute atomic E-state index is 0.269. The molecule has 0 radical (unpaired) electrons. The maximum atomic E-state index is 10.5. The highest BCUT2D eigenvalue weighted by molar-refractivity contribution is 14.1. The molecule has 0 saturated carbocycles. The van der Waals surface area contributed by atoms with Gasteiger partial charge in [0.25, 0.3) is 5.69 Å². The van der Waals surface area contributed by atoms with Crippen LogP contribution in [0.4, 0.5) is 10.5 Å². The molecule has 8 nitrogen and oxygen atoms in total. The number of nitrogens with zero attached hydrogens (tertiary/aromatic N) is 2. The molecule has 1 aliphatic rings. The van der Waals surface area contributed by atoms with Gasteiger partial charge in [0.2, 0.25) is 0 Å². The third kappa shape index (κ3) is 5.47. The molecule has 2 amide bonds. The van der Waals surface area contributed by atoms with E-state index < -0.39 is 10.9 Å². The number of carbonyl (C=O) groups excluding carboxylic acids is 1. The number of carboxylic acids is 1. The van der Waals surface area contributed by atoms with Crippen LogP contribution in [0.5, 0.6) is 0 Å². The number of amides is 2. The number of likely N-dealkylation sites (tertiary alicyclic amines) is 1. The Labute approximate surface area is 140 Å². The fourth-order valence-corrected chi connectivity index (χ4v) is 2.43. The van der Waals surface area contributed by atoms with Crippen molar-refractivity contribution in [3.8, 4) is 0 Å². The molecule has 1 aromatic carbocycles. The highest BCUT2D eigenvalue weighted by Gasteiger charge is 2.19. The number of aromatic carboxylic acids is 1. The van der Waals surface area contributed by atoms with E-state index in [-0.39, 0.29) is 17.3 Å². The van der Waals surface area contributed by atoms with Crippen molar-refractivity contribution in [2.75, 3.05) is 13.1 Å². The summed E-state index contributed by atoms with van der Waals surface area (Å²) in [5.74, 6) is -1.29. The van der Waals surface area contributed by atoms with E-state index in [0.29, 0.717) is 3.57 Å². The van der Waals surface area contributed by atoms with E-state index in [2.05, 4.69) is 0 Å². The summed E-state index contributed by atoms with van der Waals surface area (Å²) in [5.41, 5.74) is 4.39. The quantitative estimate of drug-likeness (QED) is 0.431. The Balaban J connectivity index is 0.000000235. The summed E-state index contributed by atoms with van der Waals surface area (Å²) >= 11 is 1.88. The SMILES string of the molecule is NC(=O)N1CCCCC1.O=C(O)c1ccc(I)cc1[N+](=O)[O-]. The van der Waals surface area contributed by atoms with E-state index in [1.54, 1.807) is 4.90 Å². The number of benzene rings is 1. The number of carbonyl (C=O) groups is 2. The van der Waals surface area contributed by atoms with Crippen molar-refractivity contribution in [2.24, 2.45) is 5.73 Å². The van der Waals surface area contributed by atoms with Crippen molar-refractivity contribution in [3.05, 3.63) is 37.4 Å². The van der Waals surface area contributed by atoms with Crippen LogP contribution in [0.3, 0.4) is 0 Å². The van der Waals surface area contributed by atoms with Gasteiger partial charge >= 0.3 is 12.0 Å². The van der Waals surface area contributed by atoms with Gasteiger partial charge in [0.1, 0.15) is 5.56 Å². The Morgan fingerprint density at radius 1 is 1.27 bits per heavy atom. The fourth-order valence-electron chi connectivity index (χ4n) is 1.95. The second-order valence-corrected chi connectivity index (χ2v) is 5.86. The molecule has 120 valence electrons. The van der Waals surface area contributed by atoms with Crippen LogP contribution < -0.4 is 5.73 Å². The highest BCUT2D eigenvalue weighted by atomic mass is 127. The van der Waals surface area contributed by atoms with Crippen LogP contribution in [0.1, 0.15) is 29.6 Å². The van der Waals surface area contributed by atoms with Crippen molar-refractivity contribution >= 4 is 40.3 Å². The first kappa shape index (κ1) is 18.1. The number of hydrogen-bond donors (Lipinski definition) is 2. The predicted octanol–water partition coefficient (Wildman–Crippen LogP) is 2.45. The van der Waals surface area contributed by atoms with Crippen LogP contribution >= 0.6 is 22.6 Å². The molecular formula is C13H16IN3O5. The molecular weight excluding hydrogens is 405 g/mol. The summed E-state index contributed by atoms with van der Waals surface area (Å²) in [6, 6.07) is 3.69. The maximum absolute atomic E-state index is 10.5. The Bertz CT molecular complexity index is 573. The summed E-state index contributed by atoms with van der Waals surface area (Å²) in [5, 5.41) is 19.0. The third-order valence-corrected chi connectivity index (χ3v) is 3.73. The summed E-state index contributed by atoms with van der Waals surface area (Å²) in [7, 11) is 0. The molecule has 1 aromatic rings. The number of rotatable bonds is 2. The molecule has 22 heavy (non-hydrogen) atoms. The van der Waals surface area contributed by atoms with E-state index in [1.807, 2.05) is 22.6 Å². The van der Waals surface area contributed by atoms with Gasteiger partial charge < -0.3 is 15.7 Å². The molecule has 0 aliphatic carbocycles. The molecule has 0 unspecified atom stereocenters. The molecule has 2 rings (SSSR count). The number of carboxylic acid groups (broad SMARTS) is 1. The van der Waals surface area contributed by atoms with Gasteiger partial charge in [-0.05, 0) is 54.0 Å². The van der Waals surface area contributed by atoms with Crippen molar-refractivity contribution in [2.45, 2.75) is 19.3 Å². The largest absolute Gasteiger partial charge is 0.477 e. The normalized spacial score (nSPS) is 13.8. The van der Waals surface area contributed by atoms with Gasteiger partial charge in [-0.15, -0.1) is 0 Å². The lowest BCUT2D eigenvalue weighted by atomic mass is 10.1. The van der Waals surface area contributed by atoms with Crippen molar-refractivity contribution in [1.29, 1.82) is 0 Å². The van der Waals surface area contributed by atoms with Crippen LogP contribution in [0.15, 0.2) is 18.2 Å². The summed E-state index contributed by atoms with van der Waals surface area (Å²) in [6.45, 7) is 1.71. The Morgan fingerprint density at radius 3 is 2.27 bits per heavy atom. The number of nitro benzene ring substituents is 1. The smallest absolute Gasteiger partial charge is 0.342 e. The zero-order valence-electron chi connectivity index (χ0n) is 11.7. The lowest BCUT2D eigenvalue weighted by Crippen LogP contribution is -2.39. The minimum atomic E-state index is -1.29. The first-order valence-electron chi connectivity index (χ1n) is 6.54. The van der Waals surface area contributed by atoms with E-state index in [4.69, 9.17) is 10.8 Å². The number of hydrogen-bond acceptors (Lipinski definition) is 4. The van der Waals surface area contributed by atoms with Gasteiger partial charge in [0.15, 0.2) is 0 Å². The van der Waals surface area contributed by atoms with E-state index in [1.165, 1.54) is 24.6 Å². The lowest BCUT2D eigenvalue weighted by molar-refractivity contribution is -0.385. The topological polar surface area (TPSA) is 127 Å². The fraction of sp³-hybridized carbons (Fsp3) is 0.385. The highest BCUT2D eigenvalue weighted by Crippen LogP contribution is 2.21. The minimum Gasteiger partial charge on any atom is -0.477 e. The molecule has 0 atom stereocenters. The standard InChI is InChI=1S/C7H4INO4.C6H12N2O/c8-4-1-2-5(7(10)11)6(3-4)9(12)13;7-6(9)8-4-2-1-3-5-8/h1-3H,(H,10,11);1-5H2,(H2,7,9). The van der Waals surface area contributed by atoms with Crippen molar-refractivity contribution < 1.29 is 19.6 Å². The first-order valence-corrected chi connectivity index (χ1v) is 7.62. The number of piperidine rings is 1. The average Bonchev–Trinajstić information content (AvgIpc) is 2.48. The molecule has 9 heteroatoms. The monoisotopic (exact) mass is 421 g/mol. The summed E-state index contributed by atoms with van der Waals surface area (Å²) < 4.78 is 0.634. The zero-order valence-corrected chi connectivity index (χ0v) is 13.9. The predicted molar refractivity (Wildman–Crippen MR) is 87.8 cm³/mol. The van der Waals surface area contributed by atoms with Gasteiger partial charge in [-0.3, -0.25) is 10.1 Å². The number of primary amides is 1. The summed E-state index contributed by atoms with van der Waals surface area (Å²) in [6.07, 6.45) is 3.47. The Morgan fingerprint density at radius 2 is 1.86 bits per heavy atom. The van der Waals surface area contributed by atoms with Crippen LogP contribution in [0.2, 0.25) is 0 Å². The number of urea groups is 1.